The summed E-state index contributed by atoms with van der Waals surface area (Å²) in [5.41, 5.74) is 2.75. The van der Waals surface area contributed by atoms with Crippen molar-refractivity contribution in [1.29, 1.82) is 5.41 Å². The van der Waals surface area contributed by atoms with E-state index >= 15 is 0 Å². The highest BCUT2D eigenvalue weighted by atomic mass is 35.6. The molecule has 0 saturated heterocycles. The van der Waals surface area contributed by atoms with Crippen LogP contribution in [-0.4, -0.2) is 15.7 Å². The van der Waals surface area contributed by atoms with Crippen LogP contribution < -0.4 is 5.48 Å². The molecule has 1 rings (SSSR count). The summed E-state index contributed by atoms with van der Waals surface area (Å²) >= 11 is 16.3. The second-order valence-electron chi connectivity index (χ2n) is 3.38. The number of hydrogen-bond acceptors (Lipinski definition) is 3. The van der Waals surface area contributed by atoms with Crippen molar-refractivity contribution in [2.24, 2.45) is 0 Å². The van der Waals surface area contributed by atoms with Crippen molar-refractivity contribution in [2.75, 3.05) is 0 Å². The Kier molecular flexibility index (Phi) is 4.77. The van der Waals surface area contributed by atoms with Gasteiger partial charge in [0.15, 0.2) is 0 Å². The zero-order chi connectivity index (χ0) is 10.6. The van der Waals surface area contributed by atoms with Crippen molar-refractivity contribution >= 4 is 40.7 Å². The van der Waals surface area contributed by atoms with E-state index in [-0.39, 0.29) is 11.9 Å². The number of alkyl halides is 3. The zero-order valence-electron chi connectivity index (χ0n) is 7.66. The lowest BCUT2D eigenvalue weighted by Gasteiger charge is -2.23. The highest BCUT2D eigenvalue weighted by Crippen LogP contribution is 2.27. The lowest BCUT2D eigenvalue weighted by molar-refractivity contribution is 0.116. The van der Waals surface area contributed by atoms with Crippen molar-refractivity contribution in [3.63, 3.8) is 0 Å². The van der Waals surface area contributed by atoms with E-state index in [0.717, 1.165) is 12.8 Å². The lowest BCUT2D eigenvalue weighted by Crippen LogP contribution is -2.36. The molecule has 0 bridgehead atoms. The van der Waals surface area contributed by atoms with Gasteiger partial charge in [-0.05, 0) is 12.8 Å². The molecule has 0 atom stereocenters. The maximum Gasteiger partial charge on any atom is 0.268 e. The predicted octanol–water partition coefficient (Wildman–Crippen LogP) is 3.19. The van der Waals surface area contributed by atoms with Gasteiger partial charge in [-0.2, -0.15) is 5.48 Å². The molecule has 3 nitrogen and oxygen atoms in total. The van der Waals surface area contributed by atoms with E-state index < -0.39 is 3.79 Å². The summed E-state index contributed by atoms with van der Waals surface area (Å²) in [6, 6.07) is 0.274. The van der Waals surface area contributed by atoms with Gasteiger partial charge < -0.3 is 4.84 Å². The summed E-state index contributed by atoms with van der Waals surface area (Å²) in [4.78, 5) is 4.88. The van der Waals surface area contributed by atoms with Crippen LogP contribution in [0.4, 0.5) is 0 Å². The van der Waals surface area contributed by atoms with Crippen molar-refractivity contribution < 1.29 is 4.84 Å². The molecule has 0 radical (unpaired) electrons. The molecule has 0 spiro atoms. The van der Waals surface area contributed by atoms with Crippen LogP contribution in [0.15, 0.2) is 0 Å². The van der Waals surface area contributed by atoms with E-state index in [4.69, 9.17) is 45.0 Å². The fourth-order valence-corrected chi connectivity index (χ4v) is 1.54. The second-order valence-corrected chi connectivity index (χ2v) is 5.66. The molecule has 1 aliphatic carbocycles. The third-order valence-electron chi connectivity index (χ3n) is 2.19. The Balaban J connectivity index is 2.22. The Bertz CT molecular complexity index is 199. The first-order valence-electron chi connectivity index (χ1n) is 4.58. The number of halogens is 3. The molecule has 82 valence electrons. The maximum absolute atomic E-state index is 7.28. The van der Waals surface area contributed by atoms with Gasteiger partial charge in [-0.1, -0.05) is 54.1 Å². The van der Waals surface area contributed by atoms with Crippen LogP contribution in [0.2, 0.25) is 0 Å². The maximum atomic E-state index is 7.28. The Morgan fingerprint density at radius 1 is 1.21 bits per heavy atom. The summed E-state index contributed by atoms with van der Waals surface area (Å²) in [5.74, 6) is -0.381. The molecular formula is C8H13Cl3N2O. The minimum absolute atomic E-state index is 0.274. The van der Waals surface area contributed by atoms with Crippen LogP contribution in [-0.2, 0) is 4.84 Å². The molecule has 0 unspecified atom stereocenters. The molecule has 0 heterocycles. The number of rotatable bonds is 2. The van der Waals surface area contributed by atoms with Gasteiger partial charge in [0, 0.05) is 6.04 Å². The molecule has 0 aromatic rings. The molecule has 0 aromatic heterocycles. The molecule has 2 N–H and O–H groups in total. The van der Waals surface area contributed by atoms with Crippen LogP contribution in [0, 0.1) is 5.41 Å². The number of nitrogens with one attached hydrogen (secondary N) is 2. The first-order chi connectivity index (χ1) is 6.50. The molecule has 1 aliphatic rings. The van der Waals surface area contributed by atoms with E-state index in [1.165, 1.54) is 19.3 Å². The summed E-state index contributed by atoms with van der Waals surface area (Å²) in [6.07, 6.45) is 5.73. The smallest absolute Gasteiger partial charge is 0.268 e. The van der Waals surface area contributed by atoms with E-state index in [1.807, 2.05) is 0 Å². The van der Waals surface area contributed by atoms with Crippen LogP contribution in [0.5, 0.6) is 0 Å². The normalized spacial score (nSPS) is 19.4. The molecule has 0 aromatic carbocycles. The van der Waals surface area contributed by atoms with E-state index in [0.29, 0.717) is 0 Å². The summed E-state index contributed by atoms with van der Waals surface area (Å²) in [5, 5.41) is 7.28. The van der Waals surface area contributed by atoms with Gasteiger partial charge in [0.05, 0.1) is 0 Å². The first-order valence-corrected chi connectivity index (χ1v) is 5.71. The van der Waals surface area contributed by atoms with E-state index in [1.54, 1.807) is 0 Å². The van der Waals surface area contributed by atoms with Crippen LogP contribution in [0.25, 0.3) is 0 Å². The highest BCUT2D eigenvalue weighted by molar-refractivity contribution is 6.75. The summed E-state index contributed by atoms with van der Waals surface area (Å²) in [7, 11) is 0. The average molecular weight is 260 g/mol. The van der Waals surface area contributed by atoms with Gasteiger partial charge in [0.25, 0.3) is 9.69 Å². The van der Waals surface area contributed by atoms with Gasteiger partial charge in [-0.3, -0.25) is 5.41 Å². The third-order valence-corrected chi connectivity index (χ3v) is 2.71. The molecule has 1 fully saturated rings. The summed E-state index contributed by atoms with van der Waals surface area (Å²) < 4.78 is -1.78. The Morgan fingerprint density at radius 2 is 1.79 bits per heavy atom. The van der Waals surface area contributed by atoms with Gasteiger partial charge in [-0.15, -0.1) is 0 Å². The Hall–Kier alpha value is 0.300. The topological polar surface area (TPSA) is 45.1 Å². The molecule has 14 heavy (non-hydrogen) atoms. The fraction of sp³-hybridized carbons (Fsp3) is 0.875. The molecule has 0 amide bonds. The van der Waals surface area contributed by atoms with Crippen molar-refractivity contribution in [2.45, 2.75) is 41.9 Å². The molecular weight excluding hydrogens is 246 g/mol. The molecule has 0 aliphatic heterocycles. The average Bonchev–Trinajstić information content (AvgIpc) is 2.14. The van der Waals surface area contributed by atoms with E-state index in [9.17, 15) is 0 Å². The van der Waals surface area contributed by atoms with E-state index in [2.05, 4.69) is 5.48 Å². The quantitative estimate of drug-likeness (QED) is 0.346. The third kappa shape index (κ3) is 4.22. The van der Waals surface area contributed by atoms with Crippen LogP contribution in [0.3, 0.4) is 0 Å². The largest absolute Gasteiger partial charge is 0.389 e. The van der Waals surface area contributed by atoms with Crippen molar-refractivity contribution in [3.8, 4) is 0 Å². The molecule has 1 saturated carbocycles. The number of hydroxylamine groups is 1. The van der Waals surface area contributed by atoms with Gasteiger partial charge in [0.2, 0.25) is 0 Å². The van der Waals surface area contributed by atoms with Gasteiger partial charge in [-0.25, -0.2) is 0 Å². The zero-order valence-corrected chi connectivity index (χ0v) is 9.92. The Morgan fingerprint density at radius 3 is 2.29 bits per heavy atom. The minimum atomic E-state index is -1.78. The SMILES string of the molecule is N=C(ONC1CCCCC1)C(Cl)(Cl)Cl. The predicted molar refractivity (Wildman–Crippen MR) is 59.1 cm³/mol. The fourth-order valence-electron chi connectivity index (χ4n) is 1.42. The first kappa shape index (κ1) is 12.4. The van der Waals surface area contributed by atoms with Gasteiger partial charge >= 0.3 is 0 Å². The van der Waals surface area contributed by atoms with Gasteiger partial charge in [0.1, 0.15) is 0 Å². The monoisotopic (exact) mass is 258 g/mol. The van der Waals surface area contributed by atoms with Crippen LogP contribution >= 0.6 is 34.8 Å². The Labute approximate surface area is 98.5 Å². The second kappa shape index (κ2) is 5.40. The summed E-state index contributed by atoms with van der Waals surface area (Å²) in [6.45, 7) is 0. The standard InChI is InChI=1S/C8H13Cl3N2O/c9-8(10,11)7(12)14-13-6-4-2-1-3-5-6/h6,12-13H,1-5H2. The minimum Gasteiger partial charge on any atom is -0.389 e. The van der Waals surface area contributed by atoms with Crippen molar-refractivity contribution in [1.82, 2.24) is 5.48 Å². The lowest BCUT2D eigenvalue weighted by atomic mass is 9.96. The molecule has 6 heteroatoms. The van der Waals surface area contributed by atoms with Crippen LogP contribution in [0.1, 0.15) is 32.1 Å². The van der Waals surface area contributed by atoms with Crippen molar-refractivity contribution in [3.05, 3.63) is 0 Å². The number of hydrogen-bond donors (Lipinski definition) is 2. The highest BCUT2D eigenvalue weighted by Gasteiger charge is 2.29.